The monoisotopic (exact) mass is 2310 g/mol. The van der Waals surface area contributed by atoms with Gasteiger partial charge in [-0.25, -0.2) is 41.6 Å². The van der Waals surface area contributed by atoms with Gasteiger partial charge in [-0.2, -0.15) is 50.5 Å². The number of nitrogen functional groups attached to an aromatic ring is 1. The zero-order chi connectivity index (χ0) is 96.8. The summed E-state index contributed by atoms with van der Waals surface area (Å²) in [6.07, 6.45) is 28.6. The van der Waals surface area contributed by atoms with Crippen LogP contribution in [0.1, 0.15) is 41.5 Å². The number of alkyl halides is 1. The van der Waals surface area contributed by atoms with Crippen molar-refractivity contribution in [2.45, 2.75) is 163 Å². The number of ether oxygens (including phenoxy) is 5. The quantitative estimate of drug-likeness (QED) is 0.00435. The van der Waals surface area contributed by atoms with Gasteiger partial charge in [0.1, 0.15) is 62.2 Å². The van der Waals surface area contributed by atoms with E-state index in [-0.39, 0.29) is 48.4 Å². The molecule has 133 heavy (non-hydrogen) atoms. The average molecular weight is 2320 g/mol. The van der Waals surface area contributed by atoms with E-state index in [1.165, 1.54) is 38.7 Å². The summed E-state index contributed by atoms with van der Waals surface area (Å²) in [5.74, 6) is 0.406. The summed E-state index contributed by atoms with van der Waals surface area (Å²) >= 11 is 18.8. The van der Waals surface area contributed by atoms with Gasteiger partial charge in [0.15, 0.2) is 28.2 Å². The van der Waals surface area contributed by atoms with E-state index < -0.39 is 40.7 Å². The van der Waals surface area contributed by atoms with E-state index in [9.17, 15) is 24.5 Å². The van der Waals surface area contributed by atoms with Crippen molar-refractivity contribution in [1.82, 2.24) is 132 Å². The summed E-state index contributed by atoms with van der Waals surface area (Å²) in [5.41, 5.74) is 12.1. The lowest BCUT2D eigenvalue weighted by Gasteiger charge is -2.19. The standard InChI is InChI=1S/C15H17BrN6O2.C15H21BrN6OSi.C11H9BrN6O2.C9H7BrN6.C9H17N3O3Si.C9H19N3OSi.C6H11BrO2.C6H4IN3/c1-15(2,3)24-12(23)9-21-8-10(7-17-21)18-14-19-13-11(16)5-4-6-22(13)20-14;1-24(2,3)8-7-23-11-21-10-12(9-17-21)18-15-19-14-13(16)5-4-6-22(14)20-15;12-8-2-1-3-18-10(8)15-11(16-18)14-7-4-13-17(5-7)6-9(19)20;10-7-2-1-3-16-8(7)14-9(15-16)13-6-4-11-12-5-6;1-16(2,3)5-4-15-8-11-7-9(6-10-11)12(13)14;1-14(2,3)5-4-13-8-12-7-9(10)6-11-12;1-6(2,3)9-5(8)4-7;7-6-8-5-3-1-2-4-10(5)9-6/h4-8H,9H2,1-3H3,(H,18,20);4-6,9-10H,7-8,11H2,1-3H3,(H,18,20);1-5H,6H2,(H,14,16)(H,19,20);1-5H,(H,11,12)(H,13,15);6-7H,4-5,8H2,1-3H3;6-7H,4-5,8,10H2,1-3H3;4H2,1-3H3;1-4H. The van der Waals surface area contributed by atoms with Crippen molar-refractivity contribution >= 4 is 231 Å². The molecular formula is C80H105Br5IN33O11Si3. The first-order valence-electron chi connectivity index (χ1n) is 40.9. The summed E-state index contributed by atoms with van der Waals surface area (Å²) in [5, 5.41) is 79.7. The predicted octanol–water partition coefficient (Wildman–Crippen LogP) is 16.9. The van der Waals surface area contributed by atoms with Crippen LogP contribution in [0.4, 0.5) is 57.9 Å². The van der Waals surface area contributed by atoms with Crippen LogP contribution in [-0.2, 0) is 71.3 Å². The first-order chi connectivity index (χ1) is 62.8. The van der Waals surface area contributed by atoms with Crippen LogP contribution in [0.5, 0.6) is 0 Å². The van der Waals surface area contributed by atoms with Gasteiger partial charge in [0.25, 0.3) is 0 Å². The van der Waals surface area contributed by atoms with Crippen LogP contribution in [0.2, 0.25) is 77.1 Å². The number of aliphatic carboxylic acids is 1. The van der Waals surface area contributed by atoms with Crippen molar-refractivity contribution in [3.05, 3.63) is 204 Å². The van der Waals surface area contributed by atoms with Crippen LogP contribution >= 0.6 is 102 Å². The third-order valence-corrected chi connectivity index (χ3v) is 25.1. The van der Waals surface area contributed by atoms with Crippen molar-refractivity contribution < 1.29 is 48.1 Å². The highest BCUT2D eigenvalue weighted by Gasteiger charge is 2.21. The number of hydrogen-bond donors (Lipinski definition) is 7. The molecule has 0 saturated heterocycles. The molecule has 8 N–H and O–H groups in total. The molecule has 16 aromatic heterocycles. The summed E-state index contributed by atoms with van der Waals surface area (Å²) in [7, 11) is -3.09. The number of aromatic nitrogens is 27. The molecule has 0 radical (unpaired) electrons. The minimum Gasteiger partial charge on any atom is -0.480 e. The average Bonchev–Trinajstić information content (AvgIpc) is 1.68. The molecule has 44 nitrogen and oxygen atoms in total. The molecule has 0 spiro atoms. The number of nitrogens with zero attached hydrogens (tertiary/aromatic N) is 27. The van der Waals surface area contributed by atoms with E-state index in [1.54, 1.807) is 87.7 Å². The van der Waals surface area contributed by atoms with Gasteiger partial charge in [-0.05, 0) is 184 Å². The lowest BCUT2D eigenvalue weighted by molar-refractivity contribution is -0.385. The normalized spacial score (nSPS) is 11.4. The number of esters is 2. The molecule has 16 aromatic rings. The van der Waals surface area contributed by atoms with Crippen LogP contribution in [-0.4, -0.2) is 221 Å². The molecule has 710 valence electrons. The predicted molar refractivity (Wildman–Crippen MR) is 538 cm³/mol. The second-order valence-electron chi connectivity index (χ2n) is 34.3. The number of fused-ring (bicyclic) bond motifs is 5. The zero-order valence-corrected chi connectivity index (χ0v) is 88.7. The van der Waals surface area contributed by atoms with Gasteiger partial charge >= 0.3 is 23.6 Å². The maximum absolute atomic E-state index is 11.8. The number of halogens is 6. The Morgan fingerprint density at radius 1 is 0.474 bits per heavy atom. The van der Waals surface area contributed by atoms with Gasteiger partial charge in [0, 0.05) is 116 Å². The Labute approximate surface area is 823 Å². The minimum absolute atomic E-state index is 0.00574. The highest BCUT2D eigenvalue weighted by molar-refractivity contribution is 14.1. The third kappa shape index (κ3) is 38.0. The number of nitro groups is 1. The number of nitrogens with two attached hydrogens (primary N) is 1. The van der Waals surface area contributed by atoms with E-state index in [0.29, 0.717) is 72.2 Å². The van der Waals surface area contributed by atoms with Gasteiger partial charge in [0.05, 0.1) is 94.6 Å². The summed E-state index contributed by atoms with van der Waals surface area (Å²) < 4.78 is 47.2. The number of aromatic amines is 1. The fourth-order valence-electron chi connectivity index (χ4n) is 10.5. The molecule has 0 amide bonds. The van der Waals surface area contributed by atoms with Gasteiger partial charge in [-0.15, -0.1) is 25.5 Å². The molecule has 0 aromatic carbocycles. The SMILES string of the molecule is Brc1cccn2nc(Nc3cn[nH]c3)nc12.CC(C)(C)OC(=O)CBr.CC(C)(C)OC(=O)Cn1cc(Nc2nc3c(Br)cccn3n2)cn1.C[Si](C)(C)CCOCn1cc(N)cn1.C[Si](C)(C)CCOCn1cc(Nc2nc3c(Br)cccn3n2)cn1.C[Si](C)(C)CCOCn1cc([N+](=O)[O-])cn1.Ic1nc2ccccn2n1.O=C(O)Cn1cc(Nc2nc3c(Br)cccn3n2)cn1. The Bertz CT molecular complexity index is 6350. The highest BCUT2D eigenvalue weighted by atomic mass is 127. The molecule has 16 heterocycles. The number of H-pyrrole nitrogens is 1. The maximum atomic E-state index is 11.8. The third-order valence-electron chi connectivity index (χ3n) is 16.6. The summed E-state index contributed by atoms with van der Waals surface area (Å²) in [4.78, 5) is 64.5. The van der Waals surface area contributed by atoms with Crippen LogP contribution in [0, 0.1) is 13.9 Å². The van der Waals surface area contributed by atoms with E-state index in [1.807, 2.05) is 139 Å². The number of hydrogen-bond acceptors (Lipinski definition) is 31. The van der Waals surface area contributed by atoms with Gasteiger partial charge in [-0.3, -0.25) is 39.0 Å². The largest absolute Gasteiger partial charge is 0.480 e. The van der Waals surface area contributed by atoms with Crippen molar-refractivity contribution in [2.24, 2.45) is 0 Å². The van der Waals surface area contributed by atoms with Crippen molar-refractivity contribution in [2.75, 3.05) is 52.2 Å². The van der Waals surface area contributed by atoms with E-state index in [2.05, 4.69) is 269 Å². The molecule has 0 bridgehead atoms. The Balaban J connectivity index is 0.000000174. The fraction of sp³-hybridized carbons (Fsp3) is 0.362. The number of anilines is 9. The van der Waals surface area contributed by atoms with Gasteiger partial charge < -0.3 is 55.8 Å². The van der Waals surface area contributed by atoms with E-state index >= 15 is 0 Å². The molecule has 0 aliphatic rings. The number of carbonyl (C=O) groups excluding carboxylic acids is 2. The molecule has 53 heteroatoms. The molecule has 0 saturated carbocycles. The molecule has 0 aliphatic carbocycles. The Morgan fingerprint density at radius 3 is 1.19 bits per heavy atom. The topological polar surface area (TPSA) is 504 Å². The maximum Gasteiger partial charge on any atom is 0.328 e. The fourth-order valence-corrected chi connectivity index (χ4v) is 15.0. The number of carbonyl (C=O) groups is 3. The first kappa shape index (κ1) is 106. The Kier molecular flexibility index (Phi) is 39.4. The Morgan fingerprint density at radius 2 is 0.842 bits per heavy atom. The van der Waals surface area contributed by atoms with Crippen LogP contribution < -0.4 is 27.0 Å². The lowest BCUT2D eigenvalue weighted by Crippen LogP contribution is -2.26. The molecule has 0 aliphatic heterocycles. The smallest absolute Gasteiger partial charge is 0.328 e. The molecular weight excluding hydrogens is 2210 g/mol. The second-order valence-corrected chi connectivity index (χ2v) is 56.1. The number of carboxylic acid groups (broad SMARTS) is 1. The number of pyridine rings is 5. The Hall–Kier alpha value is -11.2. The summed E-state index contributed by atoms with van der Waals surface area (Å²) in [6.45, 7) is 35.2. The van der Waals surface area contributed by atoms with Gasteiger partial charge in [-0.1, -0.05) is 80.9 Å². The minimum atomic E-state index is -1.07. The van der Waals surface area contributed by atoms with Crippen LogP contribution in [0.3, 0.4) is 0 Å². The van der Waals surface area contributed by atoms with E-state index in [0.717, 1.165) is 75.3 Å². The molecule has 16 rings (SSSR count). The second kappa shape index (κ2) is 49.7. The van der Waals surface area contributed by atoms with Crippen molar-refractivity contribution in [3.8, 4) is 0 Å². The number of nitrogens with one attached hydrogen (secondary N) is 5. The van der Waals surface area contributed by atoms with Crippen molar-refractivity contribution in [3.63, 3.8) is 0 Å². The number of carboxylic acids is 1. The van der Waals surface area contributed by atoms with E-state index in [4.69, 9.17) is 34.5 Å². The van der Waals surface area contributed by atoms with Crippen LogP contribution in [0.15, 0.2) is 190 Å². The lowest BCUT2D eigenvalue weighted by atomic mass is 10.2. The molecule has 0 atom stereocenters. The van der Waals surface area contributed by atoms with Gasteiger partial charge in [0.2, 0.25) is 27.6 Å². The van der Waals surface area contributed by atoms with Crippen molar-refractivity contribution in [1.29, 1.82) is 0 Å². The summed E-state index contributed by atoms with van der Waals surface area (Å²) in [6, 6.07) is 24.4. The number of rotatable bonds is 29. The highest BCUT2D eigenvalue weighted by Crippen LogP contribution is 2.25. The molecule has 0 fully saturated rings. The zero-order valence-electron chi connectivity index (χ0n) is 75.6. The molecule has 0 unspecified atom stereocenters. The van der Waals surface area contributed by atoms with Crippen LogP contribution in [0.25, 0.3) is 28.2 Å². The first-order valence-corrected chi connectivity index (χ1v) is 57.4.